The van der Waals surface area contributed by atoms with Crippen molar-refractivity contribution in [3.05, 3.63) is 47.5 Å². The van der Waals surface area contributed by atoms with E-state index in [2.05, 4.69) is 21.0 Å². The van der Waals surface area contributed by atoms with Gasteiger partial charge >= 0.3 is 0 Å². The van der Waals surface area contributed by atoms with Crippen LogP contribution in [0.2, 0.25) is 0 Å². The fourth-order valence-electron chi connectivity index (χ4n) is 1.58. The van der Waals surface area contributed by atoms with Crippen molar-refractivity contribution in [1.82, 2.24) is 9.78 Å². The molecule has 0 aliphatic heterocycles. The van der Waals surface area contributed by atoms with Crippen LogP contribution in [-0.4, -0.2) is 15.1 Å². The Balaban J connectivity index is 2.28. The number of nitrogens with zero attached hydrogens (tertiary/aromatic N) is 2. The van der Waals surface area contributed by atoms with Crippen molar-refractivity contribution in [1.29, 1.82) is 0 Å². The van der Waals surface area contributed by atoms with Gasteiger partial charge in [-0.3, -0.25) is 0 Å². The largest absolute Gasteiger partial charge is 0.240 e. The lowest BCUT2D eigenvalue weighted by Crippen LogP contribution is -1.99. The Morgan fingerprint density at radius 3 is 2.44 bits per heavy atom. The highest BCUT2D eigenvalue weighted by Crippen LogP contribution is 2.17. The minimum absolute atomic E-state index is 0.163. The Morgan fingerprint density at radius 1 is 1.17 bits per heavy atom. The second kappa shape index (κ2) is 5.56. The molecule has 0 radical (unpaired) electrons. The molecule has 96 valence electrons. The first-order valence-corrected chi connectivity index (χ1v) is 6.48. The van der Waals surface area contributed by atoms with E-state index in [1.165, 1.54) is 4.68 Å². The van der Waals surface area contributed by atoms with Crippen molar-refractivity contribution in [2.24, 2.45) is 0 Å². The third-order valence-corrected chi connectivity index (χ3v) is 3.03. The van der Waals surface area contributed by atoms with E-state index in [4.69, 9.17) is 0 Å². The minimum atomic E-state index is -1.47. The van der Waals surface area contributed by atoms with Crippen molar-refractivity contribution in [3.8, 4) is 5.69 Å². The van der Waals surface area contributed by atoms with Crippen molar-refractivity contribution in [2.75, 3.05) is 5.33 Å². The molecule has 0 aliphatic rings. The predicted molar refractivity (Wildman–Crippen MR) is 65.6 cm³/mol. The fraction of sp³-hybridized carbons (Fsp3) is 0.250. The Morgan fingerprint density at radius 2 is 1.83 bits per heavy atom. The van der Waals surface area contributed by atoms with E-state index >= 15 is 0 Å². The number of halogens is 4. The van der Waals surface area contributed by atoms with Crippen LogP contribution < -0.4 is 0 Å². The average molecular weight is 319 g/mol. The molecule has 2 nitrogen and oxygen atoms in total. The summed E-state index contributed by atoms with van der Waals surface area (Å²) in [5, 5.41) is 4.87. The van der Waals surface area contributed by atoms with Crippen LogP contribution in [-0.2, 0) is 6.42 Å². The summed E-state index contributed by atoms with van der Waals surface area (Å²) < 4.78 is 40.3. The number of benzene rings is 1. The average Bonchev–Trinajstić information content (AvgIpc) is 2.81. The molecule has 2 aromatic rings. The summed E-state index contributed by atoms with van der Waals surface area (Å²) in [5.74, 6) is -3.91. The van der Waals surface area contributed by atoms with Crippen LogP contribution in [0.4, 0.5) is 13.2 Å². The summed E-state index contributed by atoms with van der Waals surface area (Å²) in [7, 11) is 0. The number of aromatic nitrogens is 2. The molecule has 1 heterocycles. The molecule has 0 amide bonds. The molecular weight excluding hydrogens is 309 g/mol. The van der Waals surface area contributed by atoms with Crippen LogP contribution in [0.3, 0.4) is 0 Å². The van der Waals surface area contributed by atoms with E-state index < -0.39 is 17.5 Å². The minimum Gasteiger partial charge on any atom is -0.240 e. The van der Waals surface area contributed by atoms with E-state index in [0.717, 1.165) is 35.9 Å². The summed E-state index contributed by atoms with van der Waals surface area (Å²) in [4.78, 5) is 0. The number of aryl methyl sites for hydroxylation is 1. The van der Waals surface area contributed by atoms with Crippen LogP contribution in [0.1, 0.15) is 12.0 Å². The van der Waals surface area contributed by atoms with Gasteiger partial charge in [0.25, 0.3) is 0 Å². The molecule has 1 aromatic carbocycles. The zero-order valence-corrected chi connectivity index (χ0v) is 10.9. The molecule has 0 N–H and O–H groups in total. The summed E-state index contributed by atoms with van der Waals surface area (Å²) in [6.45, 7) is 0. The Labute approximate surface area is 111 Å². The van der Waals surface area contributed by atoms with Crippen LogP contribution in [0.5, 0.6) is 0 Å². The Bertz CT molecular complexity index is 531. The Hall–Kier alpha value is -1.30. The first kappa shape index (κ1) is 13.1. The molecule has 0 fully saturated rings. The molecular formula is C12H10BrF3N2. The van der Waals surface area contributed by atoms with Gasteiger partial charge < -0.3 is 0 Å². The monoisotopic (exact) mass is 318 g/mol. The zero-order valence-electron chi connectivity index (χ0n) is 9.34. The van der Waals surface area contributed by atoms with E-state index in [0.29, 0.717) is 0 Å². The third-order valence-electron chi connectivity index (χ3n) is 2.47. The molecule has 18 heavy (non-hydrogen) atoms. The van der Waals surface area contributed by atoms with E-state index in [1.54, 1.807) is 12.4 Å². The van der Waals surface area contributed by atoms with Crippen LogP contribution >= 0.6 is 15.9 Å². The summed E-state index contributed by atoms with van der Waals surface area (Å²) in [6, 6.07) is 1.83. The van der Waals surface area contributed by atoms with Gasteiger partial charge in [0.15, 0.2) is 17.5 Å². The van der Waals surface area contributed by atoms with Crippen molar-refractivity contribution in [3.63, 3.8) is 0 Å². The highest BCUT2D eigenvalue weighted by Gasteiger charge is 2.12. The van der Waals surface area contributed by atoms with Crippen molar-refractivity contribution >= 4 is 15.9 Å². The second-order valence-electron chi connectivity index (χ2n) is 3.81. The number of hydrogen-bond acceptors (Lipinski definition) is 1. The molecule has 0 saturated heterocycles. The first-order valence-electron chi connectivity index (χ1n) is 5.36. The van der Waals surface area contributed by atoms with Crippen molar-refractivity contribution in [2.45, 2.75) is 12.8 Å². The highest BCUT2D eigenvalue weighted by atomic mass is 79.9. The molecule has 0 saturated carbocycles. The van der Waals surface area contributed by atoms with Gasteiger partial charge in [-0.2, -0.15) is 5.10 Å². The summed E-state index contributed by atoms with van der Waals surface area (Å²) in [6.07, 6.45) is 5.06. The quantitative estimate of drug-likeness (QED) is 0.622. The first-order chi connectivity index (χ1) is 8.61. The topological polar surface area (TPSA) is 17.8 Å². The van der Waals surface area contributed by atoms with Gasteiger partial charge in [-0.15, -0.1) is 0 Å². The van der Waals surface area contributed by atoms with Gasteiger partial charge in [0.05, 0.1) is 11.9 Å². The Kier molecular flexibility index (Phi) is 4.06. The molecule has 1 aromatic heterocycles. The molecule has 0 unspecified atom stereocenters. The van der Waals surface area contributed by atoms with Gasteiger partial charge in [0.2, 0.25) is 0 Å². The van der Waals surface area contributed by atoms with Crippen LogP contribution in [0.15, 0.2) is 24.5 Å². The number of alkyl halides is 1. The van der Waals surface area contributed by atoms with E-state index in [9.17, 15) is 13.2 Å². The second-order valence-corrected chi connectivity index (χ2v) is 4.60. The summed E-state index contributed by atoms with van der Waals surface area (Å²) in [5.41, 5.74) is 1.12. The van der Waals surface area contributed by atoms with Gasteiger partial charge in [-0.05, 0) is 18.4 Å². The third kappa shape index (κ3) is 2.75. The van der Waals surface area contributed by atoms with Gasteiger partial charge in [0, 0.05) is 23.7 Å². The fourth-order valence-corrected chi connectivity index (χ4v) is 1.86. The van der Waals surface area contributed by atoms with Crippen LogP contribution in [0.25, 0.3) is 5.69 Å². The summed E-state index contributed by atoms with van der Waals surface area (Å²) >= 11 is 3.32. The lowest BCUT2D eigenvalue weighted by Gasteiger charge is -2.02. The molecule has 0 bridgehead atoms. The maximum absolute atomic E-state index is 13.1. The predicted octanol–water partition coefficient (Wildman–Crippen LogP) is 3.62. The van der Waals surface area contributed by atoms with Crippen molar-refractivity contribution < 1.29 is 13.2 Å². The molecule has 0 atom stereocenters. The van der Waals surface area contributed by atoms with Crippen LogP contribution in [0, 0.1) is 17.5 Å². The van der Waals surface area contributed by atoms with E-state index in [-0.39, 0.29) is 5.69 Å². The standard InChI is InChI=1S/C12H10BrF3N2/c13-3-1-2-8-6-17-18(7-8)9-4-10(14)12(16)11(15)5-9/h4-7H,1-3H2. The number of hydrogen-bond donors (Lipinski definition) is 0. The molecule has 0 spiro atoms. The smallest absolute Gasteiger partial charge is 0.194 e. The molecule has 0 aliphatic carbocycles. The van der Waals surface area contributed by atoms with Gasteiger partial charge in [-0.25, -0.2) is 17.9 Å². The highest BCUT2D eigenvalue weighted by molar-refractivity contribution is 9.09. The maximum atomic E-state index is 13.1. The van der Waals surface area contributed by atoms with Gasteiger partial charge in [0.1, 0.15) is 0 Å². The normalized spacial score (nSPS) is 10.9. The molecule has 2 rings (SSSR count). The number of rotatable bonds is 4. The lowest BCUT2D eigenvalue weighted by atomic mass is 10.2. The zero-order chi connectivity index (χ0) is 13.1. The van der Waals surface area contributed by atoms with Gasteiger partial charge in [-0.1, -0.05) is 15.9 Å². The van der Waals surface area contributed by atoms with E-state index in [1.807, 2.05) is 0 Å². The maximum Gasteiger partial charge on any atom is 0.194 e. The lowest BCUT2D eigenvalue weighted by molar-refractivity contribution is 0.446. The molecule has 6 heteroatoms. The SMILES string of the molecule is Fc1cc(-n2cc(CCCBr)cn2)cc(F)c1F.